The van der Waals surface area contributed by atoms with Gasteiger partial charge in [0.15, 0.2) is 0 Å². The summed E-state index contributed by atoms with van der Waals surface area (Å²) in [6.45, 7) is -0.657. The molecule has 16 heavy (non-hydrogen) atoms. The van der Waals surface area contributed by atoms with Crippen molar-refractivity contribution in [2.75, 3.05) is 0 Å². The van der Waals surface area contributed by atoms with E-state index in [0.717, 1.165) is 6.07 Å². The van der Waals surface area contributed by atoms with E-state index in [9.17, 15) is 17.6 Å². The Morgan fingerprint density at radius 3 is 2.50 bits per heavy atom. The summed E-state index contributed by atoms with van der Waals surface area (Å²) in [5, 5.41) is 8.81. The van der Waals surface area contributed by atoms with Crippen LogP contribution in [0.2, 0.25) is 0 Å². The number of hydrogen-bond donors (Lipinski definition) is 1. The van der Waals surface area contributed by atoms with Gasteiger partial charge in [0.25, 0.3) is 0 Å². The molecule has 8 heteroatoms. The molecule has 1 aromatic heterocycles. The molecule has 0 atom stereocenters. The Kier molecular flexibility index (Phi) is 3.93. The first-order valence-electron chi connectivity index (χ1n) is 3.98. The zero-order valence-electron chi connectivity index (χ0n) is 7.68. The van der Waals surface area contributed by atoms with Crippen LogP contribution in [0.1, 0.15) is 11.1 Å². The van der Waals surface area contributed by atoms with Crippen LogP contribution in [0.5, 0.6) is 5.88 Å². The highest BCUT2D eigenvalue weighted by atomic mass is 35.5. The van der Waals surface area contributed by atoms with Crippen LogP contribution < -0.4 is 4.74 Å². The van der Waals surface area contributed by atoms with E-state index in [-0.39, 0.29) is 17.0 Å². The lowest BCUT2D eigenvalue weighted by molar-refractivity contribution is -0.276. The molecule has 0 saturated heterocycles. The van der Waals surface area contributed by atoms with Crippen molar-refractivity contribution in [3.63, 3.8) is 0 Å². The molecule has 0 bridgehead atoms. The maximum atomic E-state index is 12.8. The minimum absolute atomic E-state index is 0.0956. The van der Waals surface area contributed by atoms with E-state index in [1.54, 1.807) is 0 Å². The lowest BCUT2D eigenvalue weighted by Gasteiger charge is -2.13. The maximum Gasteiger partial charge on any atom is 0.574 e. The summed E-state index contributed by atoms with van der Waals surface area (Å²) in [5.41, 5.74) is -0.287. The van der Waals surface area contributed by atoms with Crippen molar-refractivity contribution < 1.29 is 27.4 Å². The predicted octanol–water partition coefficient (Wildman–Crippen LogP) is 2.35. The van der Waals surface area contributed by atoms with Gasteiger partial charge in [0.2, 0.25) is 11.8 Å². The topological polar surface area (TPSA) is 42.4 Å². The van der Waals surface area contributed by atoms with E-state index in [2.05, 4.69) is 9.72 Å². The summed E-state index contributed by atoms with van der Waals surface area (Å²) >= 11 is 5.38. The zero-order valence-corrected chi connectivity index (χ0v) is 8.44. The van der Waals surface area contributed by atoms with Crippen molar-refractivity contribution in [3.8, 4) is 5.88 Å². The Labute approximate surface area is 92.6 Å². The average Bonchev–Trinajstić information content (AvgIpc) is 2.14. The van der Waals surface area contributed by atoms with Gasteiger partial charge in [0, 0.05) is 5.56 Å². The van der Waals surface area contributed by atoms with Crippen LogP contribution in [-0.2, 0) is 12.5 Å². The molecular weight excluding hydrogens is 254 g/mol. The Morgan fingerprint density at radius 2 is 2.06 bits per heavy atom. The molecule has 0 unspecified atom stereocenters. The molecule has 0 aliphatic heterocycles. The van der Waals surface area contributed by atoms with Crippen LogP contribution >= 0.6 is 11.6 Å². The van der Waals surface area contributed by atoms with Gasteiger partial charge >= 0.3 is 6.36 Å². The van der Waals surface area contributed by atoms with Gasteiger partial charge in [-0.05, 0) is 11.6 Å². The highest BCUT2D eigenvalue weighted by molar-refractivity contribution is 6.17. The second-order valence-corrected chi connectivity index (χ2v) is 2.99. The lowest BCUT2D eigenvalue weighted by Crippen LogP contribution is -2.19. The van der Waals surface area contributed by atoms with Crippen molar-refractivity contribution in [1.29, 1.82) is 0 Å². The minimum Gasteiger partial charge on any atom is -0.392 e. The molecule has 0 saturated carbocycles. The summed E-state index contributed by atoms with van der Waals surface area (Å²) in [7, 11) is 0. The zero-order chi connectivity index (χ0) is 12.3. The molecule has 3 nitrogen and oxygen atoms in total. The number of aliphatic hydroxyl groups excluding tert-OH is 1. The van der Waals surface area contributed by atoms with Crippen molar-refractivity contribution in [2.24, 2.45) is 0 Å². The quantitative estimate of drug-likeness (QED) is 0.515. The third kappa shape index (κ3) is 3.21. The number of aliphatic hydroxyl groups is 1. The number of halogens is 5. The van der Waals surface area contributed by atoms with Crippen molar-refractivity contribution in [2.45, 2.75) is 18.8 Å². The molecule has 0 aliphatic rings. The number of aromatic nitrogens is 1. The van der Waals surface area contributed by atoms with Gasteiger partial charge in [-0.15, -0.1) is 24.8 Å². The molecule has 1 N–H and O–H groups in total. The normalized spacial score (nSPS) is 11.6. The SMILES string of the molecule is OCc1cc(F)nc(OC(F)(F)F)c1CCl. The van der Waals surface area contributed by atoms with E-state index >= 15 is 0 Å². The summed E-state index contributed by atoms with van der Waals surface area (Å²) in [4.78, 5) is 2.93. The van der Waals surface area contributed by atoms with Crippen molar-refractivity contribution in [3.05, 3.63) is 23.1 Å². The van der Waals surface area contributed by atoms with E-state index < -0.39 is 24.8 Å². The fourth-order valence-corrected chi connectivity index (χ4v) is 1.33. The second kappa shape index (κ2) is 4.84. The summed E-state index contributed by atoms with van der Waals surface area (Å²) in [6.07, 6.45) is -4.99. The molecule has 1 rings (SSSR count). The van der Waals surface area contributed by atoms with E-state index in [1.165, 1.54) is 0 Å². The van der Waals surface area contributed by atoms with Gasteiger partial charge in [0.05, 0.1) is 12.5 Å². The molecule has 0 fully saturated rings. The molecule has 90 valence electrons. The fourth-order valence-electron chi connectivity index (χ4n) is 1.04. The van der Waals surface area contributed by atoms with E-state index in [0.29, 0.717) is 0 Å². The number of rotatable bonds is 3. The third-order valence-electron chi connectivity index (χ3n) is 1.66. The molecule has 0 aromatic carbocycles. The molecule has 0 radical (unpaired) electrons. The molecule has 1 aromatic rings. The Bertz CT molecular complexity index is 383. The molecule has 0 spiro atoms. The average molecular weight is 260 g/mol. The highest BCUT2D eigenvalue weighted by Crippen LogP contribution is 2.28. The predicted molar refractivity (Wildman–Crippen MR) is 46.4 cm³/mol. The number of alkyl halides is 4. The van der Waals surface area contributed by atoms with Gasteiger partial charge in [-0.25, -0.2) is 0 Å². The largest absolute Gasteiger partial charge is 0.574 e. The second-order valence-electron chi connectivity index (χ2n) is 2.73. The Balaban J connectivity index is 3.20. The van der Waals surface area contributed by atoms with Gasteiger partial charge in [-0.3, -0.25) is 0 Å². The number of hydrogen-bond acceptors (Lipinski definition) is 3. The van der Waals surface area contributed by atoms with Crippen molar-refractivity contribution in [1.82, 2.24) is 4.98 Å². The monoisotopic (exact) mass is 259 g/mol. The first kappa shape index (κ1) is 13.0. The van der Waals surface area contributed by atoms with E-state index in [1.807, 2.05) is 0 Å². The fraction of sp³-hybridized carbons (Fsp3) is 0.375. The van der Waals surface area contributed by atoms with Crippen molar-refractivity contribution >= 4 is 11.6 Å². The first-order valence-corrected chi connectivity index (χ1v) is 4.51. The molecule has 1 heterocycles. The summed E-state index contributed by atoms with van der Waals surface area (Å²) in [6, 6.07) is 0.793. The van der Waals surface area contributed by atoms with Crippen LogP contribution in [0, 0.1) is 5.95 Å². The number of nitrogens with zero attached hydrogens (tertiary/aromatic N) is 1. The van der Waals surface area contributed by atoms with Crippen LogP contribution in [0.25, 0.3) is 0 Å². The van der Waals surface area contributed by atoms with Gasteiger partial charge in [-0.2, -0.15) is 9.37 Å². The number of pyridine rings is 1. The summed E-state index contributed by atoms with van der Waals surface area (Å²) in [5.74, 6) is -2.54. The molecule has 0 amide bonds. The molecule has 0 aliphatic carbocycles. The lowest BCUT2D eigenvalue weighted by atomic mass is 10.1. The van der Waals surface area contributed by atoms with E-state index in [4.69, 9.17) is 16.7 Å². The van der Waals surface area contributed by atoms with Crippen LogP contribution in [0.15, 0.2) is 6.07 Å². The van der Waals surface area contributed by atoms with Gasteiger partial charge in [0.1, 0.15) is 0 Å². The Morgan fingerprint density at radius 1 is 1.44 bits per heavy atom. The van der Waals surface area contributed by atoms with Crippen LogP contribution in [-0.4, -0.2) is 16.5 Å². The maximum absolute atomic E-state index is 12.8. The van der Waals surface area contributed by atoms with Gasteiger partial charge in [-0.1, -0.05) is 0 Å². The highest BCUT2D eigenvalue weighted by Gasteiger charge is 2.33. The Hall–Kier alpha value is -1.08. The van der Waals surface area contributed by atoms with Crippen LogP contribution in [0.4, 0.5) is 17.6 Å². The van der Waals surface area contributed by atoms with Crippen LogP contribution in [0.3, 0.4) is 0 Å². The van der Waals surface area contributed by atoms with Gasteiger partial charge < -0.3 is 9.84 Å². The molecular formula is C8H6ClF4NO2. The third-order valence-corrected chi connectivity index (χ3v) is 1.93. The number of ether oxygens (including phenoxy) is 1. The standard InChI is InChI=1S/C8H6ClF4NO2/c9-2-5-4(3-15)1-6(10)14-7(5)16-8(11,12)13/h1,15H,2-3H2. The minimum atomic E-state index is -4.99. The summed E-state index contributed by atoms with van der Waals surface area (Å²) < 4.78 is 52.1. The smallest absolute Gasteiger partial charge is 0.392 e. The first-order chi connectivity index (χ1) is 7.37.